The SMILES string of the molecule is Fc1ccc(CNC(=S)Nc2ccc(Cl)cc2F)cc1. The second-order valence-electron chi connectivity index (χ2n) is 4.06. The maximum Gasteiger partial charge on any atom is 0.171 e. The van der Waals surface area contributed by atoms with E-state index >= 15 is 0 Å². The summed E-state index contributed by atoms with van der Waals surface area (Å²) >= 11 is 10.7. The van der Waals surface area contributed by atoms with Gasteiger partial charge in [0.2, 0.25) is 0 Å². The van der Waals surface area contributed by atoms with E-state index in [0.717, 1.165) is 5.56 Å². The van der Waals surface area contributed by atoms with Crippen LogP contribution in [-0.2, 0) is 6.54 Å². The molecule has 0 aliphatic carbocycles. The van der Waals surface area contributed by atoms with Crippen molar-refractivity contribution in [3.63, 3.8) is 0 Å². The standard InChI is InChI=1S/C14H11ClF2N2S/c15-10-3-6-13(12(17)7-10)19-14(20)18-8-9-1-4-11(16)5-2-9/h1-7H,8H2,(H2,18,19,20). The van der Waals surface area contributed by atoms with Crippen LogP contribution in [0.5, 0.6) is 0 Å². The third kappa shape index (κ3) is 4.15. The van der Waals surface area contributed by atoms with Crippen LogP contribution in [0.25, 0.3) is 0 Å². The normalized spacial score (nSPS) is 10.2. The maximum absolute atomic E-state index is 13.5. The first kappa shape index (κ1) is 14.7. The molecule has 0 saturated carbocycles. The molecule has 0 atom stereocenters. The van der Waals surface area contributed by atoms with E-state index in [4.69, 9.17) is 23.8 Å². The molecule has 2 aromatic rings. The lowest BCUT2D eigenvalue weighted by atomic mass is 10.2. The van der Waals surface area contributed by atoms with Crippen molar-refractivity contribution in [2.75, 3.05) is 5.32 Å². The van der Waals surface area contributed by atoms with Crippen molar-refractivity contribution < 1.29 is 8.78 Å². The number of hydrogen-bond donors (Lipinski definition) is 2. The second-order valence-corrected chi connectivity index (χ2v) is 4.90. The first-order valence-electron chi connectivity index (χ1n) is 5.79. The van der Waals surface area contributed by atoms with Crippen molar-refractivity contribution in [2.45, 2.75) is 6.54 Å². The summed E-state index contributed by atoms with van der Waals surface area (Å²) in [6.07, 6.45) is 0. The number of anilines is 1. The Balaban J connectivity index is 1.90. The molecule has 2 aromatic carbocycles. The molecule has 0 spiro atoms. The number of hydrogen-bond acceptors (Lipinski definition) is 1. The fourth-order valence-electron chi connectivity index (χ4n) is 1.54. The molecule has 2 nitrogen and oxygen atoms in total. The van der Waals surface area contributed by atoms with E-state index in [1.54, 1.807) is 18.2 Å². The van der Waals surface area contributed by atoms with Gasteiger partial charge in [0.05, 0.1) is 5.69 Å². The van der Waals surface area contributed by atoms with Crippen LogP contribution in [0.1, 0.15) is 5.56 Å². The maximum atomic E-state index is 13.5. The number of benzene rings is 2. The van der Waals surface area contributed by atoms with Crippen LogP contribution >= 0.6 is 23.8 Å². The van der Waals surface area contributed by atoms with Crippen molar-refractivity contribution >= 4 is 34.6 Å². The predicted octanol–water partition coefficient (Wildman–Crippen LogP) is 4.10. The minimum absolute atomic E-state index is 0.242. The molecule has 0 unspecified atom stereocenters. The Bertz CT molecular complexity index is 617. The molecule has 6 heteroatoms. The van der Waals surface area contributed by atoms with E-state index in [-0.39, 0.29) is 16.6 Å². The molecule has 0 aliphatic heterocycles. The molecule has 0 amide bonds. The van der Waals surface area contributed by atoms with Gasteiger partial charge in [0.1, 0.15) is 11.6 Å². The molecule has 0 aliphatic rings. The van der Waals surface area contributed by atoms with Crippen molar-refractivity contribution in [2.24, 2.45) is 0 Å². The van der Waals surface area contributed by atoms with Gasteiger partial charge in [-0.2, -0.15) is 0 Å². The number of nitrogens with one attached hydrogen (secondary N) is 2. The van der Waals surface area contributed by atoms with Crippen molar-refractivity contribution in [3.05, 3.63) is 64.7 Å². The minimum atomic E-state index is -0.483. The summed E-state index contributed by atoms with van der Waals surface area (Å²) in [6.45, 7) is 0.418. The fourth-order valence-corrected chi connectivity index (χ4v) is 1.88. The molecular formula is C14H11ClF2N2S. The zero-order valence-corrected chi connectivity index (χ0v) is 11.9. The number of halogens is 3. The smallest absolute Gasteiger partial charge is 0.171 e. The third-order valence-corrected chi connectivity index (χ3v) is 3.03. The largest absolute Gasteiger partial charge is 0.358 e. The average Bonchev–Trinajstić information content (AvgIpc) is 2.41. The summed E-state index contributed by atoms with van der Waals surface area (Å²) in [6, 6.07) is 10.3. The van der Waals surface area contributed by atoms with Gasteiger partial charge < -0.3 is 10.6 Å². The lowest BCUT2D eigenvalue weighted by molar-refractivity contribution is 0.626. The lowest BCUT2D eigenvalue weighted by Crippen LogP contribution is -2.28. The van der Waals surface area contributed by atoms with Gasteiger partial charge in [0.25, 0.3) is 0 Å². The average molecular weight is 313 g/mol. The van der Waals surface area contributed by atoms with Crippen LogP contribution in [0.2, 0.25) is 5.02 Å². The van der Waals surface area contributed by atoms with Crippen LogP contribution in [0, 0.1) is 11.6 Å². The molecule has 0 fully saturated rings. The van der Waals surface area contributed by atoms with E-state index < -0.39 is 5.82 Å². The lowest BCUT2D eigenvalue weighted by Gasteiger charge is -2.11. The summed E-state index contributed by atoms with van der Waals surface area (Å²) in [4.78, 5) is 0. The highest BCUT2D eigenvalue weighted by Crippen LogP contribution is 2.18. The van der Waals surface area contributed by atoms with Gasteiger partial charge in [-0.1, -0.05) is 23.7 Å². The van der Waals surface area contributed by atoms with Crippen LogP contribution < -0.4 is 10.6 Å². The van der Waals surface area contributed by atoms with Crippen molar-refractivity contribution in [3.8, 4) is 0 Å². The Morgan fingerprint density at radius 2 is 1.80 bits per heavy atom. The quantitative estimate of drug-likeness (QED) is 0.834. The highest BCUT2D eigenvalue weighted by Gasteiger charge is 2.04. The summed E-state index contributed by atoms with van der Waals surface area (Å²) in [7, 11) is 0. The second kappa shape index (κ2) is 6.63. The summed E-state index contributed by atoms with van der Waals surface area (Å²) in [5.41, 5.74) is 1.11. The van der Waals surface area contributed by atoms with Gasteiger partial charge in [0.15, 0.2) is 5.11 Å². The van der Waals surface area contributed by atoms with Gasteiger partial charge in [-0.3, -0.25) is 0 Å². The molecular weight excluding hydrogens is 302 g/mol. The highest BCUT2D eigenvalue weighted by molar-refractivity contribution is 7.80. The Hall–Kier alpha value is -1.72. The molecule has 2 N–H and O–H groups in total. The molecule has 0 heterocycles. The van der Waals surface area contributed by atoms with E-state index in [1.165, 1.54) is 24.3 Å². The zero-order chi connectivity index (χ0) is 14.5. The van der Waals surface area contributed by atoms with E-state index in [1.807, 2.05) is 0 Å². The molecule has 20 heavy (non-hydrogen) atoms. The first-order valence-corrected chi connectivity index (χ1v) is 6.57. The molecule has 0 aromatic heterocycles. The zero-order valence-electron chi connectivity index (χ0n) is 10.3. The van der Waals surface area contributed by atoms with Crippen molar-refractivity contribution in [1.29, 1.82) is 0 Å². The third-order valence-electron chi connectivity index (χ3n) is 2.55. The van der Waals surface area contributed by atoms with Crippen LogP contribution in [0.3, 0.4) is 0 Å². The Morgan fingerprint density at radius 3 is 2.45 bits per heavy atom. The number of rotatable bonds is 3. The van der Waals surface area contributed by atoms with Gasteiger partial charge in [0, 0.05) is 11.6 Å². The molecule has 0 bridgehead atoms. The Morgan fingerprint density at radius 1 is 1.10 bits per heavy atom. The first-order chi connectivity index (χ1) is 9.54. The van der Waals surface area contributed by atoms with Gasteiger partial charge in [-0.25, -0.2) is 8.78 Å². The summed E-state index contributed by atoms with van der Waals surface area (Å²) in [5, 5.41) is 6.23. The van der Waals surface area contributed by atoms with Crippen LogP contribution in [0.4, 0.5) is 14.5 Å². The fraction of sp³-hybridized carbons (Fsp3) is 0.0714. The molecule has 0 radical (unpaired) electrons. The highest BCUT2D eigenvalue weighted by atomic mass is 35.5. The van der Waals surface area contributed by atoms with Gasteiger partial charge in [-0.15, -0.1) is 0 Å². The monoisotopic (exact) mass is 312 g/mol. The number of thiocarbonyl (C=S) groups is 1. The van der Waals surface area contributed by atoms with Crippen molar-refractivity contribution in [1.82, 2.24) is 5.32 Å². The van der Waals surface area contributed by atoms with E-state index in [0.29, 0.717) is 11.6 Å². The van der Waals surface area contributed by atoms with Gasteiger partial charge in [-0.05, 0) is 48.1 Å². The summed E-state index contributed by atoms with van der Waals surface area (Å²) < 4.78 is 26.3. The van der Waals surface area contributed by atoms with Crippen LogP contribution in [0.15, 0.2) is 42.5 Å². The van der Waals surface area contributed by atoms with Crippen LogP contribution in [-0.4, -0.2) is 5.11 Å². The van der Waals surface area contributed by atoms with Gasteiger partial charge >= 0.3 is 0 Å². The summed E-state index contributed by atoms with van der Waals surface area (Å²) in [5.74, 6) is -0.777. The minimum Gasteiger partial charge on any atom is -0.358 e. The van der Waals surface area contributed by atoms with E-state index in [2.05, 4.69) is 10.6 Å². The molecule has 2 rings (SSSR count). The van der Waals surface area contributed by atoms with E-state index in [9.17, 15) is 8.78 Å². The topological polar surface area (TPSA) is 24.1 Å². The predicted molar refractivity (Wildman–Crippen MR) is 80.9 cm³/mol. The Kier molecular flexibility index (Phi) is 4.87. The molecule has 104 valence electrons. The Labute approximate surface area is 125 Å². The molecule has 0 saturated heterocycles.